The van der Waals surface area contributed by atoms with Gasteiger partial charge in [0.1, 0.15) is 0 Å². The number of benzene rings is 9. The van der Waals surface area contributed by atoms with Gasteiger partial charge in [-0.05, 0) is 65.0 Å². The fourth-order valence-electron chi connectivity index (χ4n) is 8.97. The Labute approximate surface area is 346 Å². The monoisotopic (exact) mass is 765 g/mol. The van der Waals surface area contributed by atoms with Crippen LogP contribution < -0.4 is 0 Å². The van der Waals surface area contributed by atoms with Crippen molar-refractivity contribution in [2.24, 2.45) is 0 Å². The van der Waals surface area contributed by atoms with E-state index in [2.05, 4.69) is 197 Å². The average Bonchev–Trinajstić information content (AvgIpc) is 3.83. The van der Waals surface area contributed by atoms with Crippen LogP contribution in [0.1, 0.15) is 0 Å². The molecule has 0 aliphatic carbocycles. The first-order chi connectivity index (χ1) is 29.7. The number of rotatable bonds is 6. The average molecular weight is 766 g/mol. The Bertz CT molecular complexity index is 3600. The van der Waals surface area contributed by atoms with Gasteiger partial charge in [-0.3, -0.25) is 0 Å². The second-order valence-electron chi connectivity index (χ2n) is 15.3. The van der Waals surface area contributed by atoms with Crippen molar-refractivity contribution in [3.05, 3.63) is 212 Å². The van der Waals surface area contributed by atoms with E-state index in [1.165, 1.54) is 37.8 Å². The topological polar surface area (TPSA) is 48.5 Å². The molecule has 0 aliphatic rings. The summed E-state index contributed by atoms with van der Waals surface area (Å²) in [5.41, 5.74) is 11.8. The van der Waals surface area contributed by atoms with E-state index in [1.54, 1.807) is 0 Å². The zero-order valence-electron chi connectivity index (χ0n) is 32.4. The lowest BCUT2D eigenvalue weighted by Crippen LogP contribution is -2.01. The molecule has 0 saturated carbocycles. The van der Waals surface area contributed by atoms with Crippen LogP contribution in [-0.4, -0.2) is 24.1 Å². The Morgan fingerprint density at radius 1 is 0.267 bits per heavy atom. The predicted octanol–water partition coefficient (Wildman–Crippen LogP) is 13.9. The summed E-state index contributed by atoms with van der Waals surface area (Å²) in [6.45, 7) is 0. The van der Waals surface area contributed by atoms with Crippen LogP contribution in [-0.2, 0) is 0 Å². The summed E-state index contributed by atoms with van der Waals surface area (Å²) in [5, 5.41) is 7.30. The Kier molecular flexibility index (Phi) is 7.78. The third kappa shape index (κ3) is 5.52. The molecule has 5 nitrogen and oxygen atoms in total. The number of fused-ring (bicyclic) bond motifs is 7. The first-order valence-electron chi connectivity index (χ1n) is 20.3. The summed E-state index contributed by atoms with van der Waals surface area (Å²) >= 11 is 0. The van der Waals surface area contributed by atoms with Crippen molar-refractivity contribution < 1.29 is 0 Å². The lowest BCUT2D eigenvalue weighted by atomic mass is 10.0. The van der Waals surface area contributed by atoms with Crippen LogP contribution in [0.15, 0.2) is 212 Å². The predicted molar refractivity (Wildman–Crippen MR) is 248 cm³/mol. The lowest BCUT2D eigenvalue weighted by Gasteiger charge is -2.13. The fourth-order valence-corrected chi connectivity index (χ4v) is 8.97. The van der Waals surface area contributed by atoms with Crippen LogP contribution in [0.4, 0.5) is 0 Å². The maximum absolute atomic E-state index is 5.18. The molecule has 9 aromatic carbocycles. The van der Waals surface area contributed by atoms with Crippen molar-refractivity contribution >= 4 is 54.4 Å². The van der Waals surface area contributed by atoms with E-state index >= 15 is 0 Å². The van der Waals surface area contributed by atoms with Crippen LogP contribution >= 0.6 is 0 Å². The van der Waals surface area contributed by atoms with E-state index in [1.807, 2.05) is 24.3 Å². The molecule has 0 aliphatic heterocycles. The Morgan fingerprint density at radius 3 is 1.47 bits per heavy atom. The van der Waals surface area contributed by atoms with Crippen LogP contribution in [0, 0.1) is 0 Å². The zero-order valence-corrected chi connectivity index (χ0v) is 32.4. The smallest absolute Gasteiger partial charge is 0.164 e. The lowest BCUT2D eigenvalue weighted by molar-refractivity contribution is 1.07. The first-order valence-corrected chi connectivity index (χ1v) is 20.3. The normalized spacial score (nSPS) is 11.7. The van der Waals surface area contributed by atoms with Crippen molar-refractivity contribution in [1.29, 1.82) is 0 Å². The van der Waals surface area contributed by atoms with Crippen molar-refractivity contribution in [2.75, 3.05) is 0 Å². The molecule has 60 heavy (non-hydrogen) atoms. The van der Waals surface area contributed by atoms with E-state index in [0.717, 1.165) is 55.7 Å². The highest BCUT2D eigenvalue weighted by Crippen LogP contribution is 2.41. The minimum atomic E-state index is 0.616. The fraction of sp³-hybridized carbons (Fsp3) is 0. The van der Waals surface area contributed by atoms with Crippen molar-refractivity contribution in [2.45, 2.75) is 0 Å². The van der Waals surface area contributed by atoms with Gasteiger partial charge in [-0.15, -0.1) is 0 Å². The highest BCUT2D eigenvalue weighted by atomic mass is 15.0. The minimum Gasteiger partial charge on any atom is -0.309 e. The van der Waals surface area contributed by atoms with Crippen LogP contribution in [0.3, 0.4) is 0 Å². The second kappa shape index (κ2) is 13.8. The maximum Gasteiger partial charge on any atom is 0.164 e. The van der Waals surface area contributed by atoms with Crippen LogP contribution in [0.2, 0.25) is 0 Å². The van der Waals surface area contributed by atoms with E-state index in [4.69, 9.17) is 15.0 Å². The molecule has 3 aromatic heterocycles. The maximum atomic E-state index is 5.18. The van der Waals surface area contributed by atoms with Crippen molar-refractivity contribution in [1.82, 2.24) is 24.1 Å². The van der Waals surface area contributed by atoms with E-state index in [9.17, 15) is 0 Å². The van der Waals surface area contributed by atoms with E-state index < -0.39 is 0 Å². The molecule has 12 rings (SSSR count). The van der Waals surface area contributed by atoms with Crippen LogP contribution in [0.5, 0.6) is 0 Å². The number of hydrogen-bond acceptors (Lipinski definition) is 3. The number of hydrogen-bond donors (Lipinski definition) is 0. The van der Waals surface area contributed by atoms with Gasteiger partial charge in [0.2, 0.25) is 0 Å². The molecule has 5 heteroatoms. The standard InChI is InChI=1S/C55H35N5/c1-3-16-36(17-4-1)39-22-13-23-40(32-39)54-56-53(38-19-5-2-6-20-38)57-55(58-54)41-24-14-25-42(33-41)59-49-29-11-9-27-44(49)46-34-47-45-28-10-12-30-50(45)60(52(47)35-51(46)59)48-31-15-21-37-18-7-8-26-43(37)48/h1-35H. The zero-order chi connectivity index (χ0) is 39.6. The SMILES string of the molecule is c1ccc(-c2cccc(-c3nc(-c4ccccc4)nc(-c4cccc(-n5c6ccccc6c6cc7c8ccccc8n(-c8cccc9ccccc89)c7cc65)c4)n3)c2)cc1. The summed E-state index contributed by atoms with van der Waals surface area (Å²) in [7, 11) is 0. The molecule has 12 aromatic rings. The summed E-state index contributed by atoms with van der Waals surface area (Å²) in [5.74, 6) is 1.87. The number of nitrogens with zero attached hydrogens (tertiary/aromatic N) is 5. The highest BCUT2D eigenvalue weighted by molar-refractivity contribution is 6.19. The number of para-hydroxylation sites is 2. The molecule has 3 heterocycles. The summed E-state index contributed by atoms with van der Waals surface area (Å²) < 4.78 is 4.83. The summed E-state index contributed by atoms with van der Waals surface area (Å²) in [4.78, 5) is 15.4. The van der Waals surface area contributed by atoms with Gasteiger partial charge in [0, 0.05) is 49.3 Å². The van der Waals surface area contributed by atoms with Gasteiger partial charge in [0.05, 0.1) is 27.8 Å². The quantitative estimate of drug-likeness (QED) is 0.169. The Hall–Kier alpha value is -8.15. The third-order valence-corrected chi connectivity index (χ3v) is 11.7. The molecule has 0 unspecified atom stereocenters. The molecular weight excluding hydrogens is 731 g/mol. The van der Waals surface area contributed by atoms with Crippen molar-refractivity contribution in [3.63, 3.8) is 0 Å². The molecule has 0 fully saturated rings. The van der Waals surface area contributed by atoms with Gasteiger partial charge >= 0.3 is 0 Å². The minimum absolute atomic E-state index is 0.616. The Morgan fingerprint density at radius 2 is 0.750 bits per heavy atom. The summed E-state index contributed by atoms with van der Waals surface area (Å²) in [6, 6.07) is 75.1. The highest BCUT2D eigenvalue weighted by Gasteiger charge is 2.20. The molecule has 0 N–H and O–H groups in total. The molecule has 0 saturated heterocycles. The first kappa shape index (κ1) is 33.9. The summed E-state index contributed by atoms with van der Waals surface area (Å²) in [6.07, 6.45) is 0. The van der Waals surface area contributed by atoms with Gasteiger partial charge in [0.15, 0.2) is 17.5 Å². The van der Waals surface area contributed by atoms with Crippen LogP contribution in [0.25, 0.3) is 111 Å². The molecule has 280 valence electrons. The second-order valence-corrected chi connectivity index (χ2v) is 15.3. The molecule has 0 atom stereocenters. The molecule has 0 bridgehead atoms. The van der Waals surface area contributed by atoms with Gasteiger partial charge in [-0.2, -0.15) is 0 Å². The molecule has 0 radical (unpaired) electrons. The van der Waals surface area contributed by atoms with Gasteiger partial charge in [-0.1, -0.05) is 164 Å². The van der Waals surface area contributed by atoms with Gasteiger partial charge < -0.3 is 9.13 Å². The molecule has 0 amide bonds. The third-order valence-electron chi connectivity index (χ3n) is 11.7. The Balaban J connectivity index is 1.08. The molecular formula is C55H35N5. The van der Waals surface area contributed by atoms with E-state index in [-0.39, 0.29) is 0 Å². The van der Waals surface area contributed by atoms with Gasteiger partial charge in [0.25, 0.3) is 0 Å². The van der Waals surface area contributed by atoms with Crippen molar-refractivity contribution in [3.8, 4) is 56.7 Å². The molecule has 0 spiro atoms. The van der Waals surface area contributed by atoms with E-state index in [0.29, 0.717) is 17.5 Å². The largest absolute Gasteiger partial charge is 0.309 e. The van der Waals surface area contributed by atoms with Gasteiger partial charge in [-0.25, -0.2) is 15.0 Å². The number of aromatic nitrogens is 5.